The molecule has 0 aliphatic heterocycles. The first kappa shape index (κ1) is 19.1. The van der Waals surface area contributed by atoms with Gasteiger partial charge in [0.2, 0.25) is 11.8 Å². The number of rotatable bonds is 6. The lowest BCUT2D eigenvalue weighted by molar-refractivity contribution is -0.120. The molecule has 0 bridgehead atoms. The summed E-state index contributed by atoms with van der Waals surface area (Å²) in [7, 11) is 1.52. The van der Waals surface area contributed by atoms with E-state index in [9.17, 15) is 9.59 Å². The highest BCUT2D eigenvalue weighted by atomic mass is 35.5. The number of hydrogen-bond acceptors (Lipinski definition) is 3. The van der Waals surface area contributed by atoms with Crippen LogP contribution in [0.25, 0.3) is 0 Å². The van der Waals surface area contributed by atoms with Gasteiger partial charge in [-0.25, -0.2) is 0 Å². The molecule has 25 heavy (non-hydrogen) atoms. The van der Waals surface area contributed by atoms with Gasteiger partial charge in [-0.2, -0.15) is 0 Å². The molecule has 0 fully saturated rings. The molecule has 5 nitrogen and oxygen atoms in total. The Morgan fingerprint density at radius 2 is 1.80 bits per heavy atom. The van der Waals surface area contributed by atoms with Crippen molar-refractivity contribution in [2.45, 2.75) is 19.4 Å². The van der Waals surface area contributed by atoms with Crippen LogP contribution < -0.4 is 15.4 Å². The molecule has 0 aromatic heterocycles. The number of carbonyl (C=O) groups is 2. The fourth-order valence-electron chi connectivity index (χ4n) is 2.33. The first-order chi connectivity index (χ1) is 11.9. The molecule has 2 rings (SSSR count). The molecule has 0 saturated carbocycles. The zero-order valence-corrected chi connectivity index (χ0v) is 15.3. The third kappa shape index (κ3) is 5.66. The third-order valence-corrected chi connectivity index (χ3v) is 4.02. The van der Waals surface area contributed by atoms with Crippen molar-refractivity contribution in [1.29, 1.82) is 0 Å². The quantitative estimate of drug-likeness (QED) is 0.788. The number of halogens is 2. The number of amides is 2. The molecular weight excluding hydrogens is 363 g/mol. The van der Waals surface area contributed by atoms with E-state index in [1.807, 2.05) is 0 Å². The zero-order valence-electron chi connectivity index (χ0n) is 13.8. The Labute approximate surface area is 156 Å². The van der Waals surface area contributed by atoms with Crippen LogP contribution >= 0.6 is 23.2 Å². The van der Waals surface area contributed by atoms with Gasteiger partial charge in [0, 0.05) is 17.6 Å². The van der Waals surface area contributed by atoms with E-state index in [0.29, 0.717) is 21.5 Å². The molecule has 7 heteroatoms. The molecule has 0 saturated heterocycles. The predicted octanol–water partition coefficient (Wildman–Crippen LogP) is 4.21. The van der Waals surface area contributed by atoms with E-state index >= 15 is 0 Å². The number of anilines is 1. The van der Waals surface area contributed by atoms with Crippen LogP contribution in [0.2, 0.25) is 10.0 Å². The number of hydrogen-bond donors (Lipinski definition) is 2. The number of nitrogens with one attached hydrogen (secondary N) is 2. The van der Waals surface area contributed by atoms with Gasteiger partial charge in [0.1, 0.15) is 5.75 Å². The molecule has 2 aromatic rings. The standard InChI is InChI=1S/C18H18Cl2N2O3/c1-11(23)21-16(12-3-5-13(19)6-4-12)10-18(24)22-14-7-8-17(25-2)15(20)9-14/h3-9,16H,10H2,1-2H3,(H,21,23)(H,22,24). The second-order valence-corrected chi connectivity index (χ2v) is 6.25. The summed E-state index contributed by atoms with van der Waals surface area (Å²) < 4.78 is 5.08. The fourth-order valence-corrected chi connectivity index (χ4v) is 2.72. The van der Waals surface area contributed by atoms with E-state index in [1.54, 1.807) is 42.5 Å². The minimum Gasteiger partial charge on any atom is -0.495 e. The van der Waals surface area contributed by atoms with Gasteiger partial charge in [0.05, 0.1) is 24.6 Å². The number of benzene rings is 2. The first-order valence-electron chi connectivity index (χ1n) is 7.55. The molecule has 0 aliphatic rings. The molecule has 0 radical (unpaired) electrons. The maximum absolute atomic E-state index is 12.3. The Bertz CT molecular complexity index is 763. The summed E-state index contributed by atoms with van der Waals surface area (Å²) in [5.41, 5.74) is 1.34. The molecule has 1 unspecified atom stereocenters. The van der Waals surface area contributed by atoms with Crippen molar-refractivity contribution >= 4 is 40.7 Å². The summed E-state index contributed by atoms with van der Waals surface area (Å²) >= 11 is 11.9. The summed E-state index contributed by atoms with van der Waals surface area (Å²) in [5.74, 6) is 0.0483. The lowest BCUT2D eigenvalue weighted by atomic mass is 10.0. The van der Waals surface area contributed by atoms with Crippen molar-refractivity contribution in [3.63, 3.8) is 0 Å². The highest BCUT2D eigenvalue weighted by molar-refractivity contribution is 6.32. The highest BCUT2D eigenvalue weighted by Gasteiger charge is 2.17. The summed E-state index contributed by atoms with van der Waals surface area (Å²) in [6.45, 7) is 1.41. The largest absolute Gasteiger partial charge is 0.495 e. The van der Waals surface area contributed by atoms with Crippen LogP contribution in [0.15, 0.2) is 42.5 Å². The maximum atomic E-state index is 12.3. The van der Waals surface area contributed by atoms with E-state index < -0.39 is 6.04 Å². The van der Waals surface area contributed by atoms with Gasteiger partial charge in [0.25, 0.3) is 0 Å². The SMILES string of the molecule is COc1ccc(NC(=O)CC(NC(C)=O)c2ccc(Cl)cc2)cc1Cl. The number of ether oxygens (including phenoxy) is 1. The Hall–Kier alpha value is -2.24. The van der Waals surface area contributed by atoms with Crippen molar-refractivity contribution in [3.05, 3.63) is 58.1 Å². The second-order valence-electron chi connectivity index (χ2n) is 5.41. The van der Waals surface area contributed by atoms with Crippen LogP contribution in [0.5, 0.6) is 5.75 Å². The normalized spacial score (nSPS) is 11.5. The molecule has 1 atom stereocenters. The van der Waals surface area contributed by atoms with Crippen molar-refractivity contribution in [2.75, 3.05) is 12.4 Å². The van der Waals surface area contributed by atoms with Gasteiger partial charge < -0.3 is 15.4 Å². The first-order valence-corrected chi connectivity index (χ1v) is 8.30. The summed E-state index contributed by atoms with van der Waals surface area (Å²) in [6, 6.07) is 11.5. The topological polar surface area (TPSA) is 67.4 Å². The van der Waals surface area contributed by atoms with Crippen LogP contribution in [0.1, 0.15) is 24.9 Å². The molecule has 2 amide bonds. The highest BCUT2D eigenvalue weighted by Crippen LogP contribution is 2.27. The lowest BCUT2D eigenvalue weighted by Crippen LogP contribution is -2.29. The smallest absolute Gasteiger partial charge is 0.226 e. The van der Waals surface area contributed by atoms with Gasteiger partial charge in [-0.3, -0.25) is 9.59 Å². The van der Waals surface area contributed by atoms with Crippen LogP contribution in [0.3, 0.4) is 0 Å². The Morgan fingerprint density at radius 1 is 1.12 bits per heavy atom. The van der Waals surface area contributed by atoms with Crippen LogP contribution in [0, 0.1) is 0 Å². The summed E-state index contributed by atoms with van der Waals surface area (Å²) in [5, 5.41) is 6.52. The van der Waals surface area contributed by atoms with Gasteiger partial charge >= 0.3 is 0 Å². The van der Waals surface area contributed by atoms with Crippen molar-refractivity contribution in [1.82, 2.24) is 5.32 Å². The molecular formula is C18H18Cl2N2O3. The van der Waals surface area contributed by atoms with E-state index in [-0.39, 0.29) is 18.2 Å². The lowest BCUT2D eigenvalue weighted by Gasteiger charge is -2.18. The number of carbonyl (C=O) groups excluding carboxylic acids is 2. The molecule has 0 heterocycles. The molecule has 132 valence electrons. The minimum atomic E-state index is -0.455. The van der Waals surface area contributed by atoms with E-state index in [0.717, 1.165) is 5.56 Å². The van der Waals surface area contributed by atoms with E-state index in [1.165, 1.54) is 14.0 Å². The fraction of sp³-hybridized carbons (Fsp3) is 0.222. The average Bonchev–Trinajstić information content (AvgIpc) is 2.54. The monoisotopic (exact) mass is 380 g/mol. The summed E-state index contributed by atoms with van der Waals surface area (Å²) in [6.07, 6.45) is 0.0743. The van der Waals surface area contributed by atoms with Gasteiger partial charge in [-0.05, 0) is 35.9 Å². The number of methoxy groups -OCH3 is 1. The van der Waals surface area contributed by atoms with Crippen LogP contribution in [-0.4, -0.2) is 18.9 Å². The van der Waals surface area contributed by atoms with Gasteiger partial charge in [-0.15, -0.1) is 0 Å². The molecule has 0 spiro atoms. The minimum absolute atomic E-state index is 0.0743. The Balaban J connectivity index is 2.09. The Kier molecular flexibility index (Phi) is 6.67. The van der Waals surface area contributed by atoms with Crippen LogP contribution in [0.4, 0.5) is 5.69 Å². The van der Waals surface area contributed by atoms with Crippen LogP contribution in [-0.2, 0) is 9.59 Å². The Morgan fingerprint density at radius 3 is 2.36 bits per heavy atom. The second kappa shape index (κ2) is 8.74. The summed E-state index contributed by atoms with van der Waals surface area (Å²) in [4.78, 5) is 23.8. The maximum Gasteiger partial charge on any atom is 0.226 e. The van der Waals surface area contributed by atoms with Gasteiger partial charge in [0.15, 0.2) is 0 Å². The molecule has 2 aromatic carbocycles. The van der Waals surface area contributed by atoms with E-state index in [2.05, 4.69) is 10.6 Å². The van der Waals surface area contributed by atoms with Crippen molar-refractivity contribution in [3.8, 4) is 5.75 Å². The van der Waals surface area contributed by atoms with Crippen molar-refractivity contribution in [2.24, 2.45) is 0 Å². The third-order valence-electron chi connectivity index (χ3n) is 3.47. The predicted molar refractivity (Wildman–Crippen MR) is 99.3 cm³/mol. The zero-order chi connectivity index (χ0) is 18.4. The van der Waals surface area contributed by atoms with Gasteiger partial charge in [-0.1, -0.05) is 35.3 Å². The van der Waals surface area contributed by atoms with E-state index in [4.69, 9.17) is 27.9 Å². The molecule has 0 aliphatic carbocycles. The average molecular weight is 381 g/mol. The molecule has 2 N–H and O–H groups in total. The van der Waals surface area contributed by atoms with Crippen molar-refractivity contribution < 1.29 is 14.3 Å².